The Morgan fingerprint density at radius 3 is 2.77 bits per heavy atom. The lowest BCUT2D eigenvalue weighted by Crippen LogP contribution is -2.41. The largest absolute Gasteiger partial charge is 0.550 e. The van der Waals surface area contributed by atoms with Gasteiger partial charge in [-0.1, -0.05) is 0 Å². The van der Waals surface area contributed by atoms with Gasteiger partial charge in [0.2, 0.25) is 0 Å². The van der Waals surface area contributed by atoms with Crippen LogP contribution < -0.4 is 10.0 Å². The van der Waals surface area contributed by atoms with Gasteiger partial charge in [0.1, 0.15) is 17.0 Å². The Labute approximate surface area is 133 Å². The molecule has 0 radical (unpaired) electrons. The van der Waals surface area contributed by atoms with Crippen molar-refractivity contribution in [3.63, 3.8) is 0 Å². The van der Waals surface area contributed by atoms with E-state index in [0.717, 1.165) is 36.6 Å². The fourth-order valence-corrected chi connectivity index (χ4v) is 4.86. The minimum atomic E-state index is -0.916. The van der Waals surface area contributed by atoms with E-state index in [1.54, 1.807) is 17.7 Å². The topological polar surface area (TPSA) is 69.2 Å². The molecule has 0 amide bonds. The van der Waals surface area contributed by atoms with E-state index in [0.29, 0.717) is 12.8 Å². The van der Waals surface area contributed by atoms with E-state index in [-0.39, 0.29) is 5.92 Å². The summed E-state index contributed by atoms with van der Waals surface area (Å²) in [5.74, 6) is -0.230. The molecule has 2 aromatic heterocycles. The van der Waals surface area contributed by atoms with Gasteiger partial charge in [0.15, 0.2) is 0 Å². The Morgan fingerprint density at radius 2 is 2.00 bits per heavy atom. The normalized spacial score (nSPS) is 19.4. The third kappa shape index (κ3) is 2.26. The number of anilines is 1. The molecule has 0 spiro atoms. The van der Waals surface area contributed by atoms with Crippen LogP contribution in [0.4, 0.5) is 5.82 Å². The number of fused-ring (bicyclic) bond motifs is 3. The predicted octanol–water partition coefficient (Wildman–Crippen LogP) is 1.54. The first-order chi connectivity index (χ1) is 10.7. The second kappa shape index (κ2) is 5.50. The number of aliphatic carboxylic acids is 1. The van der Waals surface area contributed by atoms with Crippen molar-refractivity contribution in [2.75, 3.05) is 18.0 Å². The van der Waals surface area contributed by atoms with E-state index in [1.165, 1.54) is 28.7 Å². The van der Waals surface area contributed by atoms with E-state index in [4.69, 9.17) is 0 Å². The maximum atomic E-state index is 11.0. The lowest BCUT2D eigenvalue weighted by Gasteiger charge is -2.33. The molecule has 0 N–H and O–H groups in total. The first kappa shape index (κ1) is 13.9. The van der Waals surface area contributed by atoms with Gasteiger partial charge in [0.05, 0.1) is 5.39 Å². The molecule has 2 aliphatic rings. The van der Waals surface area contributed by atoms with E-state index >= 15 is 0 Å². The van der Waals surface area contributed by atoms with Gasteiger partial charge in [0, 0.05) is 29.9 Å². The summed E-state index contributed by atoms with van der Waals surface area (Å²) in [4.78, 5) is 24.8. The van der Waals surface area contributed by atoms with Gasteiger partial charge < -0.3 is 14.8 Å². The van der Waals surface area contributed by atoms with Crippen molar-refractivity contribution in [1.82, 2.24) is 9.97 Å². The highest BCUT2D eigenvalue weighted by molar-refractivity contribution is 7.19. The SMILES string of the molecule is O=C([O-])C1CCN(c2ncnc3sc4c(c23)CCCC4)CC1. The minimum absolute atomic E-state index is 0.315. The second-order valence-corrected chi connectivity index (χ2v) is 7.25. The van der Waals surface area contributed by atoms with Crippen LogP contribution in [0.15, 0.2) is 6.33 Å². The number of hydrogen-bond acceptors (Lipinski definition) is 6. The van der Waals surface area contributed by atoms with Gasteiger partial charge in [-0.25, -0.2) is 9.97 Å². The summed E-state index contributed by atoms with van der Waals surface area (Å²) in [5, 5.41) is 12.2. The standard InChI is InChI=1S/C16H19N3O2S/c20-16(21)10-5-7-19(8-6-10)14-13-11-3-1-2-4-12(11)22-15(13)18-9-17-14/h9-10H,1-8H2,(H,20,21)/p-1. The molecule has 0 atom stereocenters. The molecule has 4 rings (SSSR count). The monoisotopic (exact) mass is 316 g/mol. The molecule has 0 aromatic carbocycles. The number of carbonyl (C=O) groups is 1. The maximum absolute atomic E-state index is 11.0. The van der Waals surface area contributed by atoms with Crippen molar-refractivity contribution in [3.8, 4) is 0 Å². The van der Waals surface area contributed by atoms with E-state index < -0.39 is 5.97 Å². The van der Waals surface area contributed by atoms with Crippen LogP contribution in [0.25, 0.3) is 10.2 Å². The number of aryl methyl sites for hydroxylation is 2. The molecule has 1 aliphatic carbocycles. The van der Waals surface area contributed by atoms with E-state index in [2.05, 4.69) is 14.9 Å². The Kier molecular flexibility index (Phi) is 3.48. The Hall–Kier alpha value is -1.69. The van der Waals surface area contributed by atoms with Crippen molar-refractivity contribution in [2.45, 2.75) is 38.5 Å². The summed E-state index contributed by atoms with van der Waals surface area (Å²) < 4.78 is 0. The number of thiophene rings is 1. The van der Waals surface area contributed by atoms with Gasteiger partial charge in [-0.05, 0) is 44.1 Å². The average Bonchev–Trinajstić information content (AvgIpc) is 2.93. The number of carboxylic acids is 1. The molecule has 3 heterocycles. The summed E-state index contributed by atoms with van der Waals surface area (Å²) in [7, 11) is 0. The first-order valence-electron chi connectivity index (χ1n) is 7.95. The lowest BCUT2D eigenvalue weighted by atomic mass is 9.95. The molecule has 0 unspecified atom stereocenters. The molecule has 0 bridgehead atoms. The van der Waals surface area contributed by atoms with Gasteiger partial charge in [0.25, 0.3) is 0 Å². The number of aromatic nitrogens is 2. The highest BCUT2D eigenvalue weighted by atomic mass is 32.1. The minimum Gasteiger partial charge on any atom is -0.550 e. The molecular weight excluding hydrogens is 298 g/mol. The van der Waals surface area contributed by atoms with Crippen molar-refractivity contribution < 1.29 is 9.90 Å². The molecule has 0 saturated carbocycles. The van der Waals surface area contributed by atoms with E-state index in [1.807, 2.05) is 0 Å². The lowest BCUT2D eigenvalue weighted by molar-refractivity contribution is -0.312. The molecule has 2 aromatic rings. The predicted molar refractivity (Wildman–Crippen MR) is 84.0 cm³/mol. The van der Waals surface area contributed by atoms with Crippen molar-refractivity contribution in [2.24, 2.45) is 5.92 Å². The zero-order valence-corrected chi connectivity index (χ0v) is 13.2. The zero-order chi connectivity index (χ0) is 15.1. The van der Waals surface area contributed by atoms with Crippen LogP contribution in [0.3, 0.4) is 0 Å². The number of carboxylic acid groups (broad SMARTS) is 1. The molecule has 5 nitrogen and oxygen atoms in total. The van der Waals surface area contributed by atoms with Gasteiger partial charge >= 0.3 is 0 Å². The highest BCUT2D eigenvalue weighted by Crippen LogP contribution is 2.39. The van der Waals surface area contributed by atoms with Crippen molar-refractivity contribution >= 4 is 33.3 Å². The molecular formula is C16H18N3O2S-. The molecule has 6 heteroatoms. The quantitative estimate of drug-likeness (QED) is 0.840. The van der Waals surface area contributed by atoms with Crippen LogP contribution >= 0.6 is 11.3 Å². The highest BCUT2D eigenvalue weighted by Gasteiger charge is 2.25. The smallest absolute Gasteiger partial charge is 0.141 e. The van der Waals surface area contributed by atoms with Crippen molar-refractivity contribution in [1.29, 1.82) is 0 Å². The third-order valence-corrected chi connectivity index (χ3v) is 6.06. The summed E-state index contributed by atoms with van der Waals surface area (Å²) in [6, 6.07) is 0. The van der Waals surface area contributed by atoms with Crippen LogP contribution in [0.5, 0.6) is 0 Å². The van der Waals surface area contributed by atoms with E-state index in [9.17, 15) is 9.90 Å². The summed E-state index contributed by atoms with van der Waals surface area (Å²) >= 11 is 1.80. The Bertz CT molecular complexity index is 719. The maximum Gasteiger partial charge on any atom is 0.141 e. The van der Waals surface area contributed by atoms with Gasteiger partial charge in [-0.3, -0.25) is 0 Å². The van der Waals surface area contributed by atoms with Gasteiger partial charge in [-0.2, -0.15) is 0 Å². The van der Waals surface area contributed by atoms with Crippen LogP contribution in [0, 0.1) is 5.92 Å². The third-order valence-electron chi connectivity index (χ3n) is 4.86. The van der Waals surface area contributed by atoms with Crippen LogP contribution in [0.2, 0.25) is 0 Å². The molecule has 22 heavy (non-hydrogen) atoms. The van der Waals surface area contributed by atoms with Crippen LogP contribution in [0.1, 0.15) is 36.1 Å². The first-order valence-corrected chi connectivity index (χ1v) is 8.76. The number of hydrogen-bond donors (Lipinski definition) is 0. The molecule has 1 fully saturated rings. The second-order valence-electron chi connectivity index (χ2n) is 6.17. The van der Waals surface area contributed by atoms with Gasteiger partial charge in [-0.15, -0.1) is 11.3 Å². The number of piperidine rings is 1. The fraction of sp³-hybridized carbons (Fsp3) is 0.562. The Balaban J connectivity index is 1.70. The molecule has 1 aliphatic heterocycles. The van der Waals surface area contributed by atoms with Crippen LogP contribution in [-0.2, 0) is 17.6 Å². The van der Waals surface area contributed by atoms with Crippen LogP contribution in [-0.4, -0.2) is 29.0 Å². The Morgan fingerprint density at radius 1 is 1.23 bits per heavy atom. The van der Waals surface area contributed by atoms with Crippen molar-refractivity contribution in [3.05, 3.63) is 16.8 Å². The molecule has 116 valence electrons. The zero-order valence-electron chi connectivity index (χ0n) is 12.4. The summed E-state index contributed by atoms with van der Waals surface area (Å²) in [6.07, 6.45) is 7.69. The molecule has 1 saturated heterocycles. The number of nitrogens with zero attached hydrogens (tertiary/aromatic N) is 3. The summed E-state index contributed by atoms with van der Waals surface area (Å²) in [6.45, 7) is 1.46. The summed E-state index contributed by atoms with van der Waals surface area (Å²) in [5.41, 5.74) is 1.43. The number of carbonyl (C=O) groups excluding carboxylic acids is 1. The fourth-order valence-electron chi connectivity index (χ4n) is 3.64. The number of rotatable bonds is 2. The average molecular weight is 316 g/mol.